The Hall–Kier alpha value is -3.67. The third-order valence-corrected chi connectivity index (χ3v) is 4.16. The Kier molecular flexibility index (Phi) is 6.01. The molecule has 6 nitrogen and oxygen atoms in total. The van der Waals surface area contributed by atoms with Crippen molar-refractivity contribution in [3.05, 3.63) is 72.3 Å². The second kappa shape index (κ2) is 8.81. The number of hydrogen-bond donors (Lipinski definition) is 2. The number of methoxy groups -OCH3 is 3. The molecule has 3 aromatic carbocycles. The summed E-state index contributed by atoms with van der Waals surface area (Å²) in [6.07, 6.45) is 0. The van der Waals surface area contributed by atoms with Gasteiger partial charge < -0.3 is 24.8 Å². The molecule has 2 N–H and O–H groups in total. The lowest BCUT2D eigenvalue weighted by Crippen LogP contribution is -2.13. The van der Waals surface area contributed by atoms with E-state index in [1.54, 1.807) is 12.1 Å². The molecule has 3 rings (SSSR count). The van der Waals surface area contributed by atoms with Crippen molar-refractivity contribution in [2.45, 2.75) is 0 Å². The Balaban J connectivity index is 1.76. The third-order valence-electron chi connectivity index (χ3n) is 4.16. The monoisotopic (exact) mass is 378 g/mol. The van der Waals surface area contributed by atoms with Crippen molar-refractivity contribution in [3.8, 4) is 17.2 Å². The second-order valence-corrected chi connectivity index (χ2v) is 5.93. The molecular formula is C22H22N2O4. The van der Waals surface area contributed by atoms with Crippen LogP contribution in [0.3, 0.4) is 0 Å². The molecule has 0 bridgehead atoms. The first kappa shape index (κ1) is 19.1. The lowest BCUT2D eigenvalue weighted by Gasteiger charge is -2.14. The van der Waals surface area contributed by atoms with Gasteiger partial charge in [0.25, 0.3) is 5.91 Å². The first-order chi connectivity index (χ1) is 13.6. The van der Waals surface area contributed by atoms with Crippen LogP contribution in [0.4, 0.5) is 17.1 Å². The number of carbonyl (C=O) groups excluding carboxylic acids is 1. The highest BCUT2D eigenvalue weighted by Gasteiger charge is 2.18. The summed E-state index contributed by atoms with van der Waals surface area (Å²) in [6.45, 7) is 0. The van der Waals surface area contributed by atoms with Crippen LogP contribution in [-0.2, 0) is 0 Å². The van der Waals surface area contributed by atoms with Gasteiger partial charge in [-0.05, 0) is 36.4 Å². The van der Waals surface area contributed by atoms with E-state index in [9.17, 15) is 4.79 Å². The Labute approximate surface area is 164 Å². The minimum Gasteiger partial charge on any atom is -0.496 e. The Morgan fingerprint density at radius 1 is 0.679 bits per heavy atom. The van der Waals surface area contributed by atoms with E-state index in [0.29, 0.717) is 28.5 Å². The predicted molar refractivity (Wildman–Crippen MR) is 110 cm³/mol. The molecule has 1 amide bonds. The largest absolute Gasteiger partial charge is 0.496 e. The van der Waals surface area contributed by atoms with Crippen LogP contribution in [-0.4, -0.2) is 27.2 Å². The molecule has 144 valence electrons. The Bertz CT molecular complexity index is 941. The molecule has 0 aliphatic carbocycles. The molecular weight excluding hydrogens is 356 g/mol. The second-order valence-electron chi connectivity index (χ2n) is 5.93. The zero-order chi connectivity index (χ0) is 19.9. The molecule has 0 fully saturated rings. The summed E-state index contributed by atoms with van der Waals surface area (Å²) in [4.78, 5) is 12.7. The lowest BCUT2D eigenvalue weighted by molar-refractivity contribution is 0.102. The maximum absolute atomic E-state index is 12.7. The number of benzene rings is 3. The minimum atomic E-state index is -0.304. The summed E-state index contributed by atoms with van der Waals surface area (Å²) in [7, 11) is 4.55. The lowest BCUT2D eigenvalue weighted by atomic mass is 10.1. The normalized spacial score (nSPS) is 10.1. The van der Waals surface area contributed by atoms with Crippen molar-refractivity contribution >= 4 is 23.0 Å². The molecule has 0 aliphatic heterocycles. The number of rotatable bonds is 7. The van der Waals surface area contributed by atoms with E-state index < -0.39 is 0 Å². The molecule has 0 atom stereocenters. The predicted octanol–water partition coefficient (Wildman–Crippen LogP) is 4.71. The minimum absolute atomic E-state index is 0.304. The van der Waals surface area contributed by atoms with Gasteiger partial charge in [-0.25, -0.2) is 0 Å². The molecule has 0 saturated carbocycles. The summed E-state index contributed by atoms with van der Waals surface area (Å²) >= 11 is 0. The van der Waals surface area contributed by atoms with E-state index in [1.807, 2.05) is 54.6 Å². The van der Waals surface area contributed by atoms with Crippen LogP contribution in [0.2, 0.25) is 0 Å². The van der Waals surface area contributed by atoms with Crippen LogP contribution in [0, 0.1) is 0 Å². The summed E-state index contributed by atoms with van der Waals surface area (Å²) in [5.74, 6) is 1.04. The molecule has 0 saturated heterocycles. The van der Waals surface area contributed by atoms with Gasteiger partial charge >= 0.3 is 0 Å². The van der Waals surface area contributed by atoms with Crippen molar-refractivity contribution in [2.24, 2.45) is 0 Å². The van der Waals surface area contributed by atoms with Gasteiger partial charge in [-0.3, -0.25) is 4.79 Å². The molecule has 0 unspecified atom stereocenters. The molecule has 0 heterocycles. The number of nitrogens with one attached hydrogen (secondary N) is 2. The van der Waals surface area contributed by atoms with Crippen LogP contribution in [0.15, 0.2) is 66.7 Å². The average Bonchev–Trinajstić information content (AvgIpc) is 2.74. The van der Waals surface area contributed by atoms with Crippen molar-refractivity contribution in [3.63, 3.8) is 0 Å². The average molecular weight is 378 g/mol. The van der Waals surface area contributed by atoms with Crippen molar-refractivity contribution in [1.82, 2.24) is 0 Å². The van der Waals surface area contributed by atoms with Crippen LogP contribution in [0.1, 0.15) is 10.4 Å². The smallest absolute Gasteiger partial charge is 0.259 e. The SMILES string of the molecule is COc1cc(OC)c(C(=O)Nc2ccc(Nc3ccccc3)cc2)cc1OC. The quantitative estimate of drug-likeness (QED) is 0.623. The van der Waals surface area contributed by atoms with E-state index in [1.165, 1.54) is 21.3 Å². The van der Waals surface area contributed by atoms with Gasteiger partial charge in [-0.1, -0.05) is 18.2 Å². The molecule has 6 heteroatoms. The van der Waals surface area contributed by atoms with Gasteiger partial charge in [-0.2, -0.15) is 0 Å². The molecule has 0 radical (unpaired) electrons. The van der Waals surface area contributed by atoms with Gasteiger partial charge in [-0.15, -0.1) is 0 Å². The number of carbonyl (C=O) groups is 1. The standard InChI is InChI=1S/C22H22N2O4/c1-26-19-14-21(28-3)20(27-2)13-18(19)22(25)24-17-11-9-16(10-12-17)23-15-7-5-4-6-8-15/h4-14,23H,1-3H3,(H,24,25). The van der Waals surface area contributed by atoms with Crippen LogP contribution >= 0.6 is 0 Å². The van der Waals surface area contributed by atoms with E-state index in [-0.39, 0.29) is 5.91 Å². The number of hydrogen-bond acceptors (Lipinski definition) is 5. The van der Waals surface area contributed by atoms with Crippen LogP contribution in [0.25, 0.3) is 0 Å². The highest BCUT2D eigenvalue weighted by molar-refractivity contribution is 6.06. The molecule has 3 aromatic rings. The van der Waals surface area contributed by atoms with E-state index in [0.717, 1.165) is 11.4 Å². The summed E-state index contributed by atoms with van der Waals surface area (Å²) in [6, 6.07) is 20.5. The van der Waals surface area contributed by atoms with Crippen molar-refractivity contribution in [2.75, 3.05) is 32.0 Å². The van der Waals surface area contributed by atoms with Gasteiger partial charge in [0.2, 0.25) is 0 Å². The first-order valence-corrected chi connectivity index (χ1v) is 8.68. The Morgan fingerprint density at radius 3 is 1.82 bits per heavy atom. The molecule has 0 spiro atoms. The van der Waals surface area contributed by atoms with Gasteiger partial charge in [0.05, 0.1) is 26.9 Å². The molecule has 28 heavy (non-hydrogen) atoms. The topological polar surface area (TPSA) is 68.8 Å². The van der Waals surface area contributed by atoms with Crippen LogP contribution < -0.4 is 24.8 Å². The number of ether oxygens (including phenoxy) is 3. The van der Waals surface area contributed by atoms with Crippen molar-refractivity contribution in [1.29, 1.82) is 0 Å². The first-order valence-electron chi connectivity index (χ1n) is 8.68. The number of anilines is 3. The summed E-state index contributed by atoms with van der Waals surface area (Å²) in [5.41, 5.74) is 2.94. The van der Waals surface area contributed by atoms with Gasteiger partial charge in [0.1, 0.15) is 5.75 Å². The maximum atomic E-state index is 12.7. The molecule has 0 aliphatic rings. The summed E-state index contributed by atoms with van der Waals surface area (Å²) in [5, 5.41) is 6.17. The summed E-state index contributed by atoms with van der Waals surface area (Å²) < 4.78 is 15.9. The fourth-order valence-electron chi connectivity index (χ4n) is 2.73. The van der Waals surface area contributed by atoms with E-state index in [4.69, 9.17) is 14.2 Å². The highest BCUT2D eigenvalue weighted by Crippen LogP contribution is 2.35. The van der Waals surface area contributed by atoms with Crippen molar-refractivity contribution < 1.29 is 19.0 Å². The fourth-order valence-corrected chi connectivity index (χ4v) is 2.73. The molecule has 0 aromatic heterocycles. The zero-order valence-electron chi connectivity index (χ0n) is 16.0. The van der Waals surface area contributed by atoms with Gasteiger partial charge in [0, 0.05) is 29.2 Å². The van der Waals surface area contributed by atoms with Gasteiger partial charge in [0.15, 0.2) is 11.5 Å². The number of para-hydroxylation sites is 1. The van der Waals surface area contributed by atoms with E-state index >= 15 is 0 Å². The van der Waals surface area contributed by atoms with E-state index in [2.05, 4.69) is 10.6 Å². The fraction of sp³-hybridized carbons (Fsp3) is 0.136. The number of amides is 1. The third kappa shape index (κ3) is 4.35. The highest BCUT2D eigenvalue weighted by atomic mass is 16.5. The zero-order valence-corrected chi connectivity index (χ0v) is 16.0. The maximum Gasteiger partial charge on any atom is 0.259 e. The Morgan fingerprint density at radius 2 is 1.21 bits per heavy atom. The van der Waals surface area contributed by atoms with Crippen LogP contribution in [0.5, 0.6) is 17.2 Å².